The molecule has 1 atom stereocenters. The Bertz CT molecular complexity index is 642. The van der Waals surface area contributed by atoms with E-state index in [-0.39, 0.29) is 5.91 Å². The number of rotatable bonds is 3. The molecule has 1 heterocycles. The largest absolute Gasteiger partial charge is 0.480 e. The zero-order valence-corrected chi connectivity index (χ0v) is 10.6. The molecule has 1 unspecified atom stereocenters. The number of aliphatic carboxylic acids is 1. The Morgan fingerprint density at radius 3 is 2.47 bits per heavy atom. The molecule has 98 valence electrons. The summed E-state index contributed by atoms with van der Waals surface area (Å²) in [6, 6.07) is 4.03. The molecule has 1 amide bonds. The topological polar surface area (TPSA) is 83.4 Å². The number of carbonyl (C=O) groups excluding carboxylic acids is 1. The third-order valence-corrected chi connectivity index (χ3v) is 2.97. The number of hydrogen-bond acceptors (Lipinski definition) is 4. The molecule has 19 heavy (non-hydrogen) atoms. The highest BCUT2D eigenvalue weighted by Crippen LogP contribution is 2.13. The quantitative estimate of drug-likeness (QED) is 0.894. The Morgan fingerprint density at radius 2 is 1.84 bits per heavy atom. The van der Waals surface area contributed by atoms with Gasteiger partial charge >= 0.3 is 5.97 Å². The van der Waals surface area contributed by atoms with Crippen LogP contribution in [0, 0.1) is 0 Å². The molecule has 0 bridgehead atoms. The molecule has 0 radical (unpaired) electrons. The van der Waals surface area contributed by atoms with E-state index in [4.69, 9.17) is 5.11 Å². The van der Waals surface area contributed by atoms with Gasteiger partial charge in [-0.1, -0.05) is 0 Å². The predicted molar refractivity (Wildman–Crippen MR) is 68.7 cm³/mol. The van der Waals surface area contributed by atoms with Crippen LogP contribution in [0.4, 0.5) is 0 Å². The monoisotopic (exact) mass is 259 g/mol. The van der Waals surface area contributed by atoms with Crippen molar-refractivity contribution in [2.24, 2.45) is 0 Å². The first-order valence-electron chi connectivity index (χ1n) is 5.71. The molecule has 0 aliphatic rings. The summed E-state index contributed by atoms with van der Waals surface area (Å²) in [6.07, 6.45) is 3.11. The number of likely N-dealkylation sites (N-methyl/N-ethyl adjacent to an activating group) is 1. The van der Waals surface area contributed by atoms with Gasteiger partial charge in [0.25, 0.3) is 5.91 Å². The molecule has 0 saturated heterocycles. The standard InChI is InChI=1S/C13H13N3O3/c1-8(13(18)19)16(2)12(17)9-3-4-10-11(7-9)15-6-5-14-10/h3-8H,1-2H3,(H,18,19). The van der Waals surface area contributed by atoms with Crippen molar-refractivity contribution < 1.29 is 14.7 Å². The molecule has 2 rings (SSSR count). The fourth-order valence-corrected chi connectivity index (χ4v) is 1.64. The second kappa shape index (κ2) is 5.01. The highest BCUT2D eigenvalue weighted by molar-refractivity contribution is 5.98. The summed E-state index contributed by atoms with van der Waals surface area (Å²) in [5, 5.41) is 8.90. The van der Waals surface area contributed by atoms with Crippen molar-refractivity contribution in [2.45, 2.75) is 13.0 Å². The molecule has 6 nitrogen and oxygen atoms in total. The van der Waals surface area contributed by atoms with E-state index in [0.717, 1.165) is 0 Å². The van der Waals surface area contributed by atoms with Crippen molar-refractivity contribution in [3.05, 3.63) is 36.2 Å². The highest BCUT2D eigenvalue weighted by atomic mass is 16.4. The van der Waals surface area contributed by atoms with Crippen molar-refractivity contribution in [2.75, 3.05) is 7.05 Å². The Labute approximate surface area is 109 Å². The van der Waals surface area contributed by atoms with E-state index in [0.29, 0.717) is 16.6 Å². The van der Waals surface area contributed by atoms with Gasteiger partial charge in [-0.25, -0.2) is 4.79 Å². The fraction of sp³-hybridized carbons (Fsp3) is 0.231. The number of carboxylic acid groups (broad SMARTS) is 1. The Hall–Kier alpha value is -2.50. The van der Waals surface area contributed by atoms with Crippen LogP contribution in [0.3, 0.4) is 0 Å². The van der Waals surface area contributed by atoms with Crippen molar-refractivity contribution in [3.63, 3.8) is 0 Å². The molecule has 0 fully saturated rings. The van der Waals surface area contributed by atoms with Gasteiger partial charge in [0.1, 0.15) is 6.04 Å². The number of carboxylic acids is 1. The number of nitrogens with zero attached hydrogens (tertiary/aromatic N) is 3. The van der Waals surface area contributed by atoms with E-state index in [1.165, 1.54) is 18.9 Å². The van der Waals surface area contributed by atoms with Crippen LogP contribution in [-0.2, 0) is 4.79 Å². The molecule has 1 N–H and O–H groups in total. The van der Waals surface area contributed by atoms with Gasteiger partial charge in [-0.3, -0.25) is 14.8 Å². The zero-order valence-electron chi connectivity index (χ0n) is 10.6. The van der Waals surface area contributed by atoms with Crippen LogP contribution in [0.15, 0.2) is 30.6 Å². The number of aromatic nitrogens is 2. The summed E-state index contributed by atoms with van der Waals surface area (Å²) in [6.45, 7) is 1.46. The van der Waals surface area contributed by atoms with Gasteiger partial charge in [0.2, 0.25) is 0 Å². The molecule has 0 aliphatic heterocycles. The van der Waals surface area contributed by atoms with E-state index >= 15 is 0 Å². The first-order chi connectivity index (χ1) is 9.00. The van der Waals surface area contributed by atoms with Crippen LogP contribution in [0.5, 0.6) is 0 Å². The van der Waals surface area contributed by atoms with E-state index in [2.05, 4.69) is 9.97 Å². The number of fused-ring (bicyclic) bond motifs is 1. The summed E-state index contributed by atoms with van der Waals surface area (Å²) in [5.74, 6) is -1.40. The zero-order chi connectivity index (χ0) is 14.0. The lowest BCUT2D eigenvalue weighted by Crippen LogP contribution is -2.40. The molecule has 0 saturated carbocycles. The van der Waals surface area contributed by atoms with Gasteiger partial charge in [-0.15, -0.1) is 0 Å². The minimum atomic E-state index is -1.04. The van der Waals surface area contributed by atoms with E-state index in [1.54, 1.807) is 30.6 Å². The minimum Gasteiger partial charge on any atom is -0.480 e. The second-order valence-electron chi connectivity index (χ2n) is 4.19. The predicted octanol–water partition coefficient (Wildman–Crippen LogP) is 1.17. The lowest BCUT2D eigenvalue weighted by Gasteiger charge is -2.21. The van der Waals surface area contributed by atoms with E-state index in [9.17, 15) is 9.59 Å². The van der Waals surface area contributed by atoms with Gasteiger partial charge in [0, 0.05) is 25.0 Å². The van der Waals surface area contributed by atoms with Gasteiger partial charge in [0.15, 0.2) is 0 Å². The fourth-order valence-electron chi connectivity index (χ4n) is 1.64. The highest BCUT2D eigenvalue weighted by Gasteiger charge is 2.22. The molecule has 1 aromatic heterocycles. The van der Waals surface area contributed by atoms with Crippen LogP contribution in [0.25, 0.3) is 11.0 Å². The van der Waals surface area contributed by atoms with Crippen LogP contribution in [-0.4, -0.2) is 44.9 Å². The maximum atomic E-state index is 12.1. The van der Waals surface area contributed by atoms with Crippen molar-refractivity contribution in [1.82, 2.24) is 14.9 Å². The number of benzene rings is 1. The summed E-state index contributed by atoms with van der Waals surface area (Å²) < 4.78 is 0. The van der Waals surface area contributed by atoms with Gasteiger partial charge in [0.05, 0.1) is 11.0 Å². The summed E-state index contributed by atoms with van der Waals surface area (Å²) in [4.78, 5) is 32.4. The van der Waals surface area contributed by atoms with Crippen LogP contribution < -0.4 is 0 Å². The van der Waals surface area contributed by atoms with Crippen molar-refractivity contribution in [1.29, 1.82) is 0 Å². The Balaban J connectivity index is 2.33. The molecule has 2 aromatic rings. The number of hydrogen-bond donors (Lipinski definition) is 1. The van der Waals surface area contributed by atoms with Gasteiger partial charge in [-0.2, -0.15) is 0 Å². The SMILES string of the molecule is CC(C(=O)O)N(C)C(=O)c1ccc2nccnc2c1. The maximum Gasteiger partial charge on any atom is 0.326 e. The normalized spacial score (nSPS) is 12.1. The Morgan fingerprint density at radius 1 is 1.21 bits per heavy atom. The van der Waals surface area contributed by atoms with E-state index < -0.39 is 12.0 Å². The number of amides is 1. The van der Waals surface area contributed by atoms with Crippen molar-refractivity contribution >= 4 is 22.9 Å². The van der Waals surface area contributed by atoms with Crippen LogP contribution in [0.1, 0.15) is 17.3 Å². The summed E-state index contributed by atoms with van der Waals surface area (Å²) in [7, 11) is 1.46. The van der Waals surface area contributed by atoms with Gasteiger partial charge in [-0.05, 0) is 25.1 Å². The van der Waals surface area contributed by atoms with Crippen LogP contribution in [0.2, 0.25) is 0 Å². The lowest BCUT2D eigenvalue weighted by atomic mass is 10.1. The van der Waals surface area contributed by atoms with E-state index in [1.807, 2.05) is 0 Å². The number of carbonyl (C=O) groups is 2. The molecule has 0 aliphatic carbocycles. The molecular formula is C13H13N3O3. The third-order valence-electron chi connectivity index (χ3n) is 2.97. The lowest BCUT2D eigenvalue weighted by molar-refractivity contribution is -0.141. The first-order valence-corrected chi connectivity index (χ1v) is 5.71. The summed E-state index contributed by atoms with van der Waals surface area (Å²) >= 11 is 0. The third kappa shape index (κ3) is 2.52. The molecular weight excluding hydrogens is 246 g/mol. The first kappa shape index (κ1) is 12.9. The van der Waals surface area contributed by atoms with Crippen molar-refractivity contribution in [3.8, 4) is 0 Å². The van der Waals surface area contributed by atoms with Gasteiger partial charge < -0.3 is 10.0 Å². The Kier molecular flexibility index (Phi) is 3.41. The minimum absolute atomic E-state index is 0.359. The maximum absolute atomic E-state index is 12.1. The second-order valence-corrected chi connectivity index (χ2v) is 4.19. The van der Waals surface area contributed by atoms with Crippen LogP contribution >= 0.6 is 0 Å². The summed E-state index contributed by atoms with van der Waals surface area (Å²) in [5.41, 5.74) is 1.68. The smallest absolute Gasteiger partial charge is 0.326 e. The molecule has 0 spiro atoms. The average Bonchev–Trinajstić information content (AvgIpc) is 2.44. The molecule has 1 aromatic carbocycles. The molecule has 6 heteroatoms. The average molecular weight is 259 g/mol.